The van der Waals surface area contributed by atoms with Crippen molar-refractivity contribution in [1.29, 1.82) is 0 Å². The van der Waals surface area contributed by atoms with E-state index >= 15 is 0 Å². The van der Waals surface area contributed by atoms with Gasteiger partial charge in [0.1, 0.15) is 5.52 Å². The summed E-state index contributed by atoms with van der Waals surface area (Å²) >= 11 is 0. The Morgan fingerprint density at radius 1 is 1.11 bits per heavy atom. The molecule has 0 saturated carbocycles. The van der Waals surface area contributed by atoms with Crippen molar-refractivity contribution < 1.29 is 9.26 Å². The highest BCUT2D eigenvalue weighted by molar-refractivity contribution is 5.98. The van der Waals surface area contributed by atoms with E-state index in [0.29, 0.717) is 5.52 Å². The van der Waals surface area contributed by atoms with E-state index in [1.54, 1.807) is 9.26 Å². The van der Waals surface area contributed by atoms with Gasteiger partial charge in [-0.1, -0.05) is 17.2 Å². The third kappa shape index (κ3) is 0.982. The van der Waals surface area contributed by atoms with Crippen LogP contribution >= 0.6 is 0 Å². The molecule has 7 nitrogen and oxygen atoms in total. The summed E-state index contributed by atoms with van der Waals surface area (Å²) in [6.07, 6.45) is 0. The smallest absolute Gasteiger partial charge is 0.252 e. The van der Waals surface area contributed by atoms with E-state index in [1.165, 1.54) is 0 Å². The third-order valence-electron chi connectivity index (χ3n) is 3.31. The van der Waals surface area contributed by atoms with E-state index in [1.807, 2.05) is 36.4 Å². The molecule has 0 spiro atoms. The molecule has 5 rings (SSSR count). The van der Waals surface area contributed by atoms with E-state index in [-0.39, 0.29) is 0 Å². The summed E-state index contributed by atoms with van der Waals surface area (Å²) in [4.78, 5) is 0. The molecule has 5 aromatic rings. The van der Waals surface area contributed by atoms with Gasteiger partial charge in [-0.05, 0) is 34.1 Å². The Kier molecular flexibility index (Phi) is 1.37. The standard InChI is InChI=1S/C12H7N6O/c1-2-4-9-7(3-1)13-18-10-6-5-8-11(16-19-15-8)12(10)14-17(9)18/h1-6,15H/q+1. The Hall–Kier alpha value is -2.96. The molecule has 0 aliphatic rings. The van der Waals surface area contributed by atoms with Gasteiger partial charge in [-0.3, -0.25) is 4.63 Å². The number of benzene rings is 2. The molecule has 2 aromatic carbocycles. The first kappa shape index (κ1) is 9.03. The summed E-state index contributed by atoms with van der Waals surface area (Å²) in [5.74, 6) is 0. The summed E-state index contributed by atoms with van der Waals surface area (Å²) in [5.41, 5.74) is 5.05. The lowest BCUT2D eigenvalue weighted by Gasteiger charge is -1.83. The largest absolute Gasteiger partial charge is 0.270 e. The number of hydrogen-bond acceptors (Lipinski definition) is 4. The lowest BCUT2D eigenvalue weighted by molar-refractivity contribution is -0.649. The summed E-state index contributed by atoms with van der Waals surface area (Å²) in [5, 5.41) is 15.8. The molecule has 3 heterocycles. The summed E-state index contributed by atoms with van der Waals surface area (Å²) < 4.78 is 8.42. The molecule has 0 radical (unpaired) electrons. The Morgan fingerprint density at radius 3 is 3.05 bits per heavy atom. The van der Waals surface area contributed by atoms with Crippen LogP contribution in [0, 0.1) is 0 Å². The minimum Gasteiger partial charge on any atom is -0.270 e. The van der Waals surface area contributed by atoms with Crippen LogP contribution in [0.25, 0.3) is 33.1 Å². The van der Waals surface area contributed by atoms with Crippen LogP contribution in [0.15, 0.2) is 41.0 Å². The number of aromatic nitrogens is 6. The molecule has 19 heavy (non-hydrogen) atoms. The molecule has 90 valence electrons. The second kappa shape index (κ2) is 2.89. The number of para-hydroxylation sites is 1. The summed E-state index contributed by atoms with van der Waals surface area (Å²) in [6.45, 7) is 0. The van der Waals surface area contributed by atoms with E-state index < -0.39 is 0 Å². The van der Waals surface area contributed by atoms with Gasteiger partial charge in [0.2, 0.25) is 5.52 Å². The molecule has 7 heteroatoms. The lowest BCUT2D eigenvalue weighted by Crippen LogP contribution is -2.28. The van der Waals surface area contributed by atoms with Gasteiger partial charge in [0.05, 0.1) is 5.10 Å². The first-order chi connectivity index (χ1) is 9.42. The highest BCUT2D eigenvalue weighted by Crippen LogP contribution is 2.20. The topological polar surface area (TPSA) is 76.1 Å². The zero-order valence-electron chi connectivity index (χ0n) is 9.61. The van der Waals surface area contributed by atoms with Crippen molar-refractivity contribution in [2.45, 2.75) is 0 Å². The van der Waals surface area contributed by atoms with Gasteiger partial charge in [-0.15, -0.1) is 0 Å². The van der Waals surface area contributed by atoms with Crippen LogP contribution in [0.4, 0.5) is 0 Å². The van der Waals surface area contributed by atoms with E-state index in [0.717, 1.165) is 27.6 Å². The highest BCUT2D eigenvalue weighted by atomic mass is 16.6. The van der Waals surface area contributed by atoms with Crippen LogP contribution in [0.1, 0.15) is 0 Å². The number of nitrogens with one attached hydrogen (secondary N) is 1. The van der Waals surface area contributed by atoms with E-state index in [9.17, 15) is 0 Å². The SMILES string of the molecule is c1ccc2c(c1)nn1c3ccc4[nH]onc4c3n[n+]21. The average molecular weight is 251 g/mol. The third-order valence-corrected chi connectivity index (χ3v) is 3.31. The molecule has 0 unspecified atom stereocenters. The number of aromatic amines is 1. The predicted octanol–water partition coefficient (Wildman–Crippen LogP) is 1.09. The molecule has 0 saturated heterocycles. The van der Waals surface area contributed by atoms with E-state index in [2.05, 4.69) is 20.5 Å². The number of hydrogen-bond donors (Lipinski definition) is 1. The zero-order chi connectivity index (χ0) is 12.4. The quantitative estimate of drug-likeness (QED) is 0.418. The van der Waals surface area contributed by atoms with Crippen LogP contribution in [-0.2, 0) is 0 Å². The fraction of sp³-hybridized carbons (Fsp3) is 0. The molecule has 0 amide bonds. The van der Waals surface area contributed by atoms with Crippen molar-refractivity contribution in [3.8, 4) is 0 Å². The second-order valence-corrected chi connectivity index (χ2v) is 4.38. The molecular formula is C12H7N6O+. The minimum atomic E-state index is 0.708. The maximum absolute atomic E-state index is 4.88. The molecule has 0 aliphatic heterocycles. The van der Waals surface area contributed by atoms with Crippen LogP contribution < -0.4 is 4.63 Å². The Labute approximate surface area is 105 Å². The first-order valence-electron chi connectivity index (χ1n) is 5.84. The average Bonchev–Trinajstić information content (AvgIpc) is 3.10. The molecular weight excluding hydrogens is 244 g/mol. The Morgan fingerprint density at radius 2 is 2.05 bits per heavy atom. The highest BCUT2D eigenvalue weighted by Gasteiger charge is 2.22. The molecule has 0 bridgehead atoms. The molecule has 0 aliphatic carbocycles. The van der Waals surface area contributed by atoms with Gasteiger partial charge in [0.15, 0.2) is 16.6 Å². The normalized spacial score (nSPS) is 12.2. The molecule has 3 aromatic heterocycles. The lowest BCUT2D eigenvalue weighted by atomic mass is 10.3. The summed E-state index contributed by atoms with van der Waals surface area (Å²) in [7, 11) is 0. The van der Waals surface area contributed by atoms with Gasteiger partial charge in [0, 0.05) is 4.63 Å². The zero-order valence-corrected chi connectivity index (χ0v) is 9.61. The van der Waals surface area contributed by atoms with Crippen LogP contribution in [0.5, 0.6) is 0 Å². The Bertz CT molecular complexity index is 1060. The van der Waals surface area contributed by atoms with Crippen LogP contribution in [0.2, 0.25) is 0 Å². The Balaban J connectivity index is 2.12. The van der Waals surface area contributed by atoms with E-state index in [4.69, 9.17) is 4.63 Å². The van der Waals surface area contributed by atoms with Gasteiger partial charge in [-0.2, -0.15) is 5.16 Å². The molecule has 1 N–H and O–H groups in total. The predicted molar refractivity (Wildman–Crippen MR) is 65.6 cm³/mol. The van der Waals surface area contributed by atoms with Gasteiger partial charge in [0.25, 0.3) is 5.52 Å². The number of fused-ring (bicyclic) bond motifs is 7. The van der Waals surface area contributed by atoms with Crippen molar-refractivity contribution in [3.05, 3.63) is 36.4 Å². The van der Waals surface area contributed by atoms with Crippen LogP contribution in [0.3, 0.4) is 0 Å². The molecule has 0 atom stereocenters. The van der Waals surface area contributed by atoms with Gasteiger partial charge in [-0.25, -0.2) is 0 Å². The number of nitrogens with zero attached hydrogens (tertiary/aromatic N) is 5. The minimum absolute atomic E-state index is 0.708. The first-order valence-corrected chi connectivity index (χ1v) is 5.84. The molecule has 0 fully saturated rings. The van der Waals surface area contributed by atoms with Crippen molar-refractivity contribution in [3.63, 3.8) is 0 Å². The van der Waals surface area contributed by atoms with Crippen LogP contribution in [-0.4, -0.2) is 25.1 Å². The second-order valence-electron chi connectivity index (χ2n) is 4.38. The van der Waals surface area contributed by atoms with Crippen molar-refractivity contribution >= 4 is 33.1 Å². The van der Waals surface area contributed by atoms with Crippen molar-refractivity contribution in [2.75, 3.05) is 0 Å². The maximum atomic E-state index is 4.88. The maximum Gasteiger partial charge on any atom is 0.252 e. The monoisotopic (exact) mass is 251 g/mol. The fourth-order valence-corrected chi connectivity index (χ4v) is 2.43. The number of rotatable bonds is 0. The number of H-pyrrole nitrogens is 1. The van der Waals surface area contributed by atoms with Crippen molar-refractivity contribution in [2.24, 2.45) is 0 Å². The van der Waals surface area contributed by atoms with Gasteiger partial charge < -0.3 is 0 Å². The van der Waals surface area contributed by atoms with Crippen molar-refractivity contribution in [1.82, 2.24) is 25.1 Å². The van der Waals surface area contributed by atoms with Gasteiger partial charge >= 0.3 is 0 Å². The fourth-order valence-electron chi connectivity index (χ4n) is 2.43. The summed E-state index contributed by atoms with van der Waals surface area (Å²) in [6, 6.07) is 11.7.